The van der Waals surface area contributed by atoms with Gasteiger partial charge in [0, 0.05) is 0 Å². The van der Waals surface area contributed by atoms with Crippen molar-refractivity contribution in [1.29, 1.82) is 0 Å². The lowest BCUT2D eigenvalue weighted by Gasteiger charge is -2.13. The quantitative estimate of drug-likeness (QED) is 0.186. The van der Waals surface area contributed by atoms with E-state index in [4.69, 9.17) is 55.9 Å². The summed E-state index contributed by atoms with van der Waals surface area (Å²) in [5.41, 5.74) is 3.11. The number of carbonyl (C=O) groups excluding carboxylic acids is 3. The first-order valence-corrected chi connectivity index (χ1v) is 11.8. The molecule has 3 rings (SSSR count). The molecular weight excluding hydrogens is 566 g/mol. The molecule has 0 spiro atoms. The third-order valence-corrected chi connectivity index (χ3v) is 5.96. The standard InChI is InChI=1S/C24H18Cl4N4O5/c1-36-19-10-13(11-29-32-24(35)23(34)31-18-8-4-6-15(26)21(18)28)9-16(27)22(19)37-12-20(33)30-17-7-3-2-5-14(17)25/h2-11H,12H2,1H3,(H,30,33)(H,31,34)(H,32,35)/b29-11-. The van der Waals surface area contributed by atoms with Crippen LogP contribution in [0.1, 0.15) is 5.56 Å². The maximum atomic E-state index is 12.2. The van der Waals surface area contributed by atoms with Crippen LogP contribution in [0.4, 0.5) is 11.4 Å². The molecular formula is C24H18Cl4N4O5. The second-order valence-electron chi connectivity index (χ2n) is 7.11. The van der Waals surface area contributed by atoms with Crippen LogP contribution >= 0.6 is 46.4 Å². The number of para-hydroxylation sites is 1. The van der Waals surface area contributed by atoms with Crippen molar-refractivity contribution in [3.8, 4) is 11.5 Å². The number of halogens is 4. The topological polar surface area (TPSA) is 118 Å². The Morgan fingerprint density at radius 1 is 0.865 bits per heavy atom. The summed E-state index contributed by atoms with van der Waals surface area (Å²) < 4.78 is 10.8. The zero-order chi connectivity index (χ0) is 26.9. The number of amides is 3. The van der Waals surface area contributed by atoms with Gasteiger partial charge >= 0.3 is 11.8 Å². The van der Waals surface area contributed by atoms with Gasteiger partial charge < -0.3 is 20.1 Å². The highest BCUT2D eigenvalue weighted by Gasteiger charge is 2.16. The van der Waals surface area contributed by atoms with Crippen molar-refractivity contribution in [2.75, 3.05) is 24.4 Å². The molecule has 3 aromatic rings. The van der Waals surface area contributed by atoms with Gasteiger partial charge in [-0.2, -0.15) is 5.10 Å². The Morgan fingerprint density at radius 2 is 1.57 bits per heavy atom. The summed E-state index contributed by atoms with van der Waals surface area (Å²) in [7, 11) is 1.39. The first-order chi connectivity index (χ1) is 17.7. The van der Waals surface area contributed by atoms with Crippen LogP contribution in [0.5, 0.6) is 11.5 Å². The molecule has 3 N–H and O–H groups in total. The van der Waals surface area contributed by atoms with Crippen molar-refractivity contribution < 1.29 is 23.9 Å². The predicted molar refractivity (Wildman–Crippen MR) is 144 cm³/mol. The number of hydrogen-bond donors (Lipinski definition) is 3. The van der Waals surface area contributed by atoms with E-state index in [1.54, 1.807) is 30.3 Å². The van der Waals surface area contributed by atoms with Crippen LogP contribution in [0.2, 0.25) is 20.1 Å². The lowest BCUT2D eigenvalue weighted by atomic mass is 10.2. The largest absolute Gasteiger partial charge is 0.493 e. The minimum Gasteiger partial charge on any atom is -0.493 e. The van der Waals surface area contributed by atoms with Gasteiger partial charge in [-0.05, 0) is 42.0 Å². The molecule has 0 aliphatic carbocycles. The fourth-order valence-electron chi connectivity index (χ4n) is 2.84. The van der Waals surface area contributed by atoms with E-state index in [0.29, 0.717) is 16.3 Å². The third-order valence-electron chi connectivity index (χ3n) is 4.53. The van der Waals surface area contributed by atoms with Gasteiger partial charge in [-0.3, -0.25) is 14.4 Å². The molecule has 0 heterocycles. The first kappa shape index (κ1) is 28.1. The second kappa shape index (κ2) is 13.2. The Balaban J connectivity index is 1.60. The van der Waals surface area contributed by atoms with E-state index in [2.05, 4.69) is 21.2 Å². The fraction of sp³-hybridized carbons (Fsp3) is 0.0833. The van der Waals surface area contributed by atoms with Crippen LogP contribution < -0.4 is 25.5 Å². The highest BCUT2D eigenvalue weighted by atomic mass is 35.5. The van der Waals surface area contributed by atoms with Gasteiger partial charge in [0.15, 0.2) is 18.1 Å². The molecule has 0 saturated heterocycles. The Labute approximate surface area is 231 Å². The second-order valence-corrected chi connectivity index (χ2v) is 8.71. The molecule has 0 radical (unpaired) electrons. The summed E-state index contributed by atoms with van der Waals surface area (Å²) >= 11 is 24.2. The summed E-state index contributed by atoms with van der Waals surface area (Å²) in [6.07, 6.45) is 1.24. The van der Waals surface area contributed by atoms with Crippen molar-refractivity contribution in [3.63, 3.8) is 0 Å². The minimum atomic E-state index is -1.05. The van der Waals surface area contributed by atoms with E-state index < -0.39 is 17.7 Å². The number of methoxy groups -OCH3 is 1. The summed E-state index contributed by atoms with van der Waals surface area (Å²) in [5.74, 6) is -2.18. The molecule has 192 valence electrons. The Morgan fingerprint density at radius 3 is 2.30 bits per heavy atom. The molecule has 0 fully saturated rings. The SMILES string of the molecule is COc1cc(/C=N\NC(=O)C(=O)Nc2cccc(Cl)c2Cl)cc(Cl)c1OCC(=O)Nc1ccccc1Cl. The molecule has 0 aromatic heterocycles. The maximum absolute atomic E-state index is 12.2. The molecule has 0 unspecified atom stereocenters. The number of carbonyl (C=O) groups is 3. The number of benzene rings is 3. The molecule has 0 atom stereocenters. The number of hydrogen-bond acceptors (Lipinski definition) is 6. The highest BCUT2D eigenvalue weighted by molar-refractivity contribution is 6.45. The van der Waals surface area contributed by atoms with Gasteiger partial charge in [-0.25, -0.2) is 5.43 Å². The molecule has 0 saturated carbocycles. The number of hydrazone groups is 1. The van der Waals surface area contributed by atoms with E-state index in [-0.39, 0.29) is 38.9 Å². The van der Waals surface area contributed by atoms with Crippen molar-refractivity contribution in [2.24, 2.45) is 5.10 Å². The minimum absolute atomic E-state index is 0.0965. The van der Waals surface area contributed by atoms with Crippen LogP contribution in [0.25, 0.3) is 0 Å². The van der Waals surface area contributed by atoms with Gasteiger partial charge in [0.2, 0.25) is 0 Å². The highest BCUT2D eigenvalue weighted by Crippen LogP contribution is 2.36. The van der Waals surface area contributed by atoms with E-state index in [9.17, 15) is 14.4 Å². The average molecular weight is 584 g/mol. The Kier molecular flexibility index (Phi) is 9.99. The molecule has 37 heavy (non-hydrogen) atoms. The van der Waals surface area contributed by atoms with Crippen molar-refractivity contribution in [2.45, 2.75) is 0 Å². The average Bonchev–Trinajstić information content (AvgIpc) is 2.87. The lowest BCUT2D eigenvalue weighted by Crippen LogP contribution is -2.32. The van der Waals surface area contributed by atoms with Gasteiger partial charge in [0.1, 0.15) is 0 Å². The maximum Gasteiger partial charge on any atom is 0.329 e. The molecule has 9 nitrogen and oxygen atoms in total. The molecule has 0 bridgehead atoms. The fourth-order valence-corrected chi connectivity index (χ4v) is 3.64. The van der Waals surface area contributed by atoms with Crippen LogP contribution in [-0.2, 0) is 14.4 Å². The number of anilines is 2. The van der Waals surface area contributed by atoms with Crippen LogP contribution in [-0.4, -0.2) is 37.7 Å². The summed E-state index contributed by atoms with van der Waals surface area (Å²) in [4.78, 5) is 36.4. The zero-order valence-electron chi connectivity index (χ0n) is 19.0. The van der Waals surface area contributed by atoms with Gasteiger partial charge in [-0.1, -0.05) is 64.6 Å². The normalized spacial score (nSPS) is 10.6. The molecule has 13 heteroatoms. The van der Waals surface area contributed by atoms with Crippen molar-refractivity contribution in [1.82, 2.24) is 5.43 Å². The smallest absolute Gasteiger partial charge is 0.329 e. The number of nitrogens with zero attached hydrogens (tertiary/aromatic N) is 1. The predicted octanol–water partition coefficient (Wildman–Crippen LogP) is 5.42. The molecule has 3 amide bonds. The van der Waals surface area contributed by atoms with E-state index in [1.165, 1.54) is 37.6 Å². The van der Waals surface area contributed by atoms with E-state index in [0.717, 1.165) is 0 Å². The van der Waals surface area contributed by atoms with E-state index in [1.807, 2.05) is 0 Å². The van der Waals surface area contributed by atoms with Gasteiger partial charge in [-0.15, -0.1) is 0 Å². The van der Waals surface area contributed by atoms with Gasteiger partial charge in [0.05, 0.1) is 44.8 Å². The van der Waals surface area contributed by atoms with Crippen molar-refractivity contribution in [3.05, 3.63) is 80.3 Å². The lowest BCUT2D eigenvalue weighted by molar-refractivity contribution is -0.136. The zero-order valence-corrected chi connectivity index (χ0v) is 22.0. The third kappa shape index (κ3) is 7.74. The number of ether oxygens (including phenoxy) is 2. The Hall–Kier alpha value is -3.50. The first-order valence-electron chi connectivity index (χ1n) is 10.3. The summed E-state index contributed by atoms with van der Waals surface area (Å²) in [5, 5.41) is 9.53. The summed E-state index contributed by atoms with van der Waals surface area (Å²) in [6, 6.07) is 14.3. The van der Waals surface area contributed by atoms with Gasteiger partial charge in [0.25, 0.3) is 5.91 Å². The Bertz CT molecular complexity index is 1370. The number of rotatable bonds is 8. The van der Waals surface area contributed by atoms with Crippen molar-refractivity contribution >= 4 is 81.7 Å². The number of nitrogens with one attached hydrogen (secondary N) is 3. The monoisotopic (exact) mass is 582 g/mol. The van der Waals surface area contributed by atoms with Crippen LogP contribution in [0, 0.1) is 0 Å². The molecule has 0 aliphatic rings. The van der Waals surface area contributed by atoms with E-state index >= 15 is 0 Å². The molecule has 0 aliphatic heterocycles. The van der Waals surface area contributed by atoms with Crippen LogP contribution in [0.15, 0.2) is 59.7 Å². The van der Waals surface area contributed by atoms with Crippen LogP contribution in [0.3, 0.4) is 0 Å². The molecule has 3 aromatic carbocycles. The summed E-state index contributed by atoms with van der Waals surface area (Å²) in [6.45, 7) is -0.365.